The van der Waals surface area contributed by atoms with Crippen molar-refractivity contribution in [1.82, 2.24) is 9.97 Å². The summed E-state index contributed by atoms with van der Waals surface area (Å²) in [7, 11) is 0. The van der Waals surface area contributed by atoms with Gasteiger partial charge in [-0.05, 0) is 43.5 Å². The van der Waals surface area contributed by atoms with Gasteiger partial charge >= 0.3 is 0 Å². The molecule has 0 unspecified atom stereocenters. The summed E-state index contributed by atoms with van der Waals surface area (Å²) < 4.78 is 6.77. The molecule has 2 heterocycles. The van der Waals surface area contributed by atoms with Crippen molar-refractivity contribution in [2.45, 2.75) is 19.3 Å². The predicted octanol–water partition coefficient (Wildman–Crippen LogP) is 3.60. The van der Waals surface area contributed by atoms with Crippen molar-refractivity contribution < 1.29 is 4.74 Å². The minimum atomic E-state index is 0.410. The fourth-order valence-electron chi connectivity index (χ4n) is 2.42. The van der Waals surface area contributed by atoms with Crippen LogP contribution in [0.5, 0.6) is 11.6 Å². The van der Waals surface area contributed by atoms with Gasteiger partial charge in [0.25, 0.3) is 0 Å². The molecule has 0 atom stereocenters. The summed E-state index contributed by atoms with van der Waals surface area (Å²) in [6, 6.07) is 7.56. The van der Waals surface area contributed by atoms with Gasteiger partial charge in [0.1, 0.15) is 17.8 Å². The normalized spacial score (nSPS) is 15.0. The molecule has 0 saturated carbocycles. The van der Waals surface area contributed by atoms with E-state index in [1.807, 2.05) is 24.3 Å². The fraction of sp³-hybridized carbons (Fsp3) is 0.333. The number of aromatic nitrogens is 2. The van der Waals surface area contributed by atoms with Gasteiger partial charge in [0.05, 0.1) is 0 Å². The third kappa shape index (κ3) is 3.26. The summed E-state index contributed by atoms with van der Waals surface area (Å²) in [5, 5.41) is 0. The van der Waals surface area contributed by atoms with Gasteiger partial charge in [-0.1, -0.05) is 15.9 Å². The number of benzene rings is 1. The van der Waals surface area contributed by atoms with Crippen molar-refractivity contribution in [3.05, 3.63) is 35.1 Å². The molecule has 0 amide bonds. The van der Waals surface area contributed by atoms with Crippen LogP contribution < -0.4 is 15.4 Å². The van der Waals surface area contributed by atoms with Gasteiger partial charge in [-0.3, -0.25) is 0 Å². The van der Waals surface area contributed by atoms with Crippen molar-refractivity contribution in [2.75, 3.05) is 23.7 Å². The maximum Gasteiger partial charge on any atom is 0.248 e. The first kappa shape index (κ1) is 14.1. The van der Waals surface area contributed by atoms with Crippen LogP contribution in [0.2, 0.25) is 0 Å². The summed E-state index contributed by atoms with van der Waals surface area (Å²) >= 11 is 3.40. The van der Waals surface area contributed by atoms with Crippen molar-refractivity contribution in [3.8, 4) is 11.6 Å². The van der Waals surface area contributed by atoms with E-state index in [4.69, 9.17) is 10.5 Å². The molecule has 2 N–H and O–H groups in total. The molecular weight excluding hydrogens is 332 g/mol. The SMILES string of the molecule is Nc1c(Oc2ccc(Br)cc2)ncnc1N1CCCCC1. The molecule has 1 aliphatic rings. The molecule has 0 aliphatic carbocycles. The topological polar surface area (TPSA) is 64.3 Å². The lowest BCUT2D eigenvalue weighted by Crippen LogP contribution is -2.31. The average molecular weight is 349 g/mol. The number of halogens is 1. The maximum atomic E-state index is 6.19. The Bertz CT molecular complexity index is 612. The van der Waals surface area contributed by atoms with Crippen molar-refractivity contribution in [2.24, 2.45) is 0 Å². The molecule has 110 valence electrons. The van der Waals surface area contributed by atoms with E-state index >= 15 is 0 Å². The minimum absolute atomic E-state index is 0.410. The van der Waals surface area contributed by atoms with E-state index in [0.29, 0.717) is 17.3 Å². The maximum absolute atomic E-state index is 6.19. The molecule has 2 aromatic rings. The number of nitrogens with two attached hydrogens (primary N) is 1. The lowest BCUT2D eigenvalue weighted by atomic mass is 10.1. The van der Waals surface area contributed by atoms with Crippen molar-refractivity contribution in [1.29, 1.82) is 0 Å². The van der Waals surface area contributed by atoms with Gasteiger partial charge in [0, 0.05) is 17.6 Å². The summed E-state index contributed by atoms with van der Waals surface area (Å²) in [6.07, 6.45) is 5.12. The Morgan fingerprint density at radius 1 is 1.05 bits per heavy atom. The number of nitrogens with zero attached hydrogens (tertiary/aromatic N) is 3. The first-order chi connectivity index (χ1) is 10.2. The Balaban J connectivity index is 1.84. The molecule has 6 heteroatoms. The van der Waals surface area contributed by atoms with Gasteiger partial charge in [-0.2, -0.15) is 4.98 Å². The highest BCUT2D eigenvalue weighted by molar-refractivity contribution is 9.10. The number of piperidine rings is 1. The van der Waals surface area contributed by atoms with E-state index in [2.05, 4.69) is 30.8 Å². The van der Waals surface area contributed by atoms with Gasteiger partial charge in [0.15, 0.2) is 5.82 Å². The Hall–Kier alpha value is -1.82. The summed E-state index contributed by atoms with van der Waals surface area (Å²) in [6.45, 7) is 1.97. The third-order valence-corrected chi connectivity index (χ3v) is 4.04. The molecule has 3 rings (SSSR count). The zero-order chi connectivity index (χ0) is 14.7. The Morgan fingerprint density at radius 3 is 2.48 bits per heavy atom. The zero-order valence-electron chi connectivity index (χ0n) is 11.6. The third-order valence-electron chi connectivity index (χ3n) is 3.51. The van der Waals surface area contributed by atoms with E-state index in [1.54, 1.807) is 0 Å². The van der Waals surface area contributed by atoms with Crippen LogP contribution in [0, 0.1) is 0 Å². The molecular formula is C15H17BrN4O. The Morgan fingerprint density at radius 2 is 1.76 bits per heavy atom. The van der Waals surface area contributed by atoms with Gasteiger partial charge in [0.2, 0.25) is 5.88 Å². The summed E-state index contributed by atoms with van der Waals surface area (Å²) in [5.41, 5.74) is 6.69. The highest BCUT2D eigenvalue weighted by Crippen LogP contribution is 2.32. The molecule has 21 heavy (non-hydrogen) atoms. The molecule has 1 fully saturated rings. The quantitative estimate of drug-likeness (QED) is 0.917. The molecule has 1 saturated heterocycles. The zero-order valence-corrected chi connectivity index (χ0v) is 13.2. The second-order valence-electron chi connectivity index (χ2n) is 5.02. The first-order valence-corrected chi connectivity index (χ1v) is 7.82. The fourth-order valence-corrected chi connectivity index (χ4v) is 2.69. The van der Waals surface area contributed by atoms with E-state index in [0.717, 1.165) is 23.4 Å². The van der Waals surface area contributed by atoms with E-state index < -0.39 is 0 Å². The number of hydrogen-bond acceptors (Lipinski definition) is 5. The number of rotatable bonds is 3. The number of nitrogen functional groups attached to an aromatic ring is 1. The smallest absolute Gasteiger partial charge is 0.248 e. The molecule has 0 spiro atoms. The number of anilines is 2. The van der Waals surface area contributed by atoms with E-state index in [9.17, 15) is 0 Å². The van der Waals surface area contributed by atoms with Crippen LogP contribution in [0.1, 0.15) is 19.3 Å². The molecule has 1 aromatic heterocycles. The van der Waals surface area contributed by atoms with Crippen molar-refractivity contribution >= 4 is 27.4 Å². The molecule has 5 nitrogen and oxygen atoms in total. The van der Waals surface area contributed by atoms with Crippen LogP contribution in [0.4, 0.5) is 11.5 Å². The lowest BCUT2D eigenvalue weighted by Gasteiger charge is -2.28. The Labute approximate surface area is 132 Å². The average Bonchev–Trinajstić information content (AvgIpc) is 2.52. The lowest BCUT2D eigenvalue weighted by molar-refractivity contribution is 0.463. The molecule has 1 aromatic carbocycles. The van der Waals surface area contributed by atoms with Crippen LogP contribution in [0.15, 0.2) is 35.1 Å². The minimum Gasteiger partial charge on any atom is -0.437 e. The highest BCUT2D eigenvalue weighted by atomic mass is 79.9. The molecule has 0 bridgehead atoms. The van der Waals surface area contributed by atoms with Gasteiger partial charge in [-0.15, -0.1) is 0 Å². The van der Waals surface area contributed by atoms with Crippen LogP contribution >= 0.6 is 15.9 Å². The summed E-state index contributed by atoms with van der Waals surface area (Å²) in [4.78, 5) is 10.7. The second kappa shape index (κ2) is 6.30. The number of ether oxygens (including phenoxy) is 1. The van der Waals surface area contributed by atoms with Crippen LogP contribution in [-0.4, -0.2) is 23.1 Å². The number of hydrogen-bond donors (Lipinski definition) is 1. The molecule has 1 aliphatic heterocycles. The second-order valence-corrected chi connectivity index (χ2v) is 5.94. The van der Waals surface area contributed by atoms with E-state index in [1.165, 1.54) is 25.6 Å². The monoisotopic (exact) mass is 348 g/mol. The standard InChI is InChI=1S/C15H17BrN4O/c16-11-4-6-12(7-5-11)21-15-13(17)14(18-10-19-15)20-8-2-1-3-9-20/h4-7,10H,1-3,8-9,17H2. The van der Waals surface area contributed by atoms with Gasteiger partial charge < -0.3 is 15.4 Å². The van der Waals surface area contributed by atoms with Crippen molar-refractivity contribution in [3.63, 3.8) is 0 Å². The predicted molar refractivity (Wildman–Crippen MR) is 86.7 cm³/mol. The van der Waals surface area contributed by atoms with Crippen LogP contribution in [-0.2, 0) is 0 Å². The highest BCUT2D eigenvalue weighted by Gasteiger charge is 2.18. The van der Waals surface area contributed by atoms with Gasteiger partial charge in [-0.25, -0.2) is 4.98 Å². The summed E-state index contributed by atoms with van der Waals surface area (Å²) in [5.74, 6) is 1.89. The Kier molecular flexibility index (Phi) is 4.24. The van der Waals surface area contributed by atoms with Crippen LogP contribution in [0.3, 0.4) is 0 Å². The van der Waals surface area contributed by atoms with E-state index in [-0.39, 0.29) is 0 Å². The largest absolute Gasteiger partial charge is 0.437 e. The van der Waals surface area contributed by atoms with Crippen LogP contribution in [0.25, 0.3) is 0 Å². The first-order valence-electron chi connectivity index (χ1n) is 7.03. The molecule has 0 radical (unpaired) electrons.